The topological polar surface area (TPSA) is 81.4 Å². The van der Waals surface area contributed by atoms with Crippen LogP contribution in [0.4, 0.5) is 5.00 Å². The van der Waals surface area contributed by atoms with Gasteiger partial charge in [0.15, 0.2) is 0 Å². The molecule has 1 aromatic carbocycles. The Morgan fingerprint density at radius 2 is 2.04 bits per heavy atom. The number of thiophene rings is 1. The fraction of sp³-hybridized carbons (Fsp3) is 0.333. The molecule has 27 heavy (non-hydrogen) atoms. The van der Waals surface area contributed by atoms with Gasteiger partial charge in [0.1, 0.15) is 10.8 Å². The number of nitrogens with two attached hydrogens (primary N) is 1. The zero-order valence-electron chi connectivity index (χ0n) is 15.4. The summed E-state index contributed by atoms with van der Waals surface area (Å²) in [7, 11) is 0. The molecular formula is C21H24N2O3S. The number of nitrogens with one attached hydrogen (secondary N) is 1. The summed E-state index contributed by atoms with van der Waals surface area (Å²) in [4.78, 5) is 25.5. The van der Waals surface area contributed by atoms with E-state index < -0.39 is 5.91 Å². The van der Waals surface area contributed by atoms with Gasteiger partial charge in [-0.25, -0.2) is 0 Å². The summed E-state index contributed by atoms with van der Waals surface area (Å²) in [6, 6.07) is 7.58. The molecule has 1 aromatic heterocycles. The van der Waals surface area contributed by atoms with Gasteiger partial charge in [-0.05, 0) is 49.8 Å². The maximum Gasteiger partial charge on any atom is 0.251 e. The van der Waals surface area contributed by atoms with Crippen LogP contribution in [0.5, 0.6) is 5.75 Å². The van der Waals surface area contributed by atoms with E-state index in [0.717, 1.165) is 53.9 Å². The molecule has 0 bridgehead atoms. The van der Waals surface area contributed by atoms with Gasteiger partial charge < -0.3 is 15.8 Å². The van der Waals surface area contributed by atoms with Crippen molar-refractivity contribution >= 4 is 34.2 Å². The molecule has 0 saturated carbocycles. The summed E-state index contributed by atoms with van der Waals surface area (Å²) in [5.41, 5.74) is 7.89. The van der Waals surface area contributed by atoms with Crippen LogP contribution in [0.3, 0.4) is 0 Å². The van der Waals surface area contributed by atoms with E-state index in [1.54, 1.807) is 6.08 Å². The molecule has 0 unspecified atom stereocenters. The second-order valence-corrected chi connectivity index (χ2v) is 7.59. The van der Waals surface area contributed by atoms with Crippen LogP contribution in [0.25, 0.3) is 6.08 Å². The highest BCUT2D eigenvalue weighted by atomic mass is 32.1. The highest BCUT2D eigenvalue weighted by Crippen LogP contribution is 2.37. The van der Waals surface area contributed by atoms with Crippen molar-refractivity contribution in [2.45, 2.75) is 39.0 Å². The maximum atomic E-state index is 12.4. The Bertz CT molecular complexity index is 870. The number of fused-ring (bicyclic) bond motifs is 1. The minimum Gasteiger partial charge on any atom is -0.493 e. The number of carbonyl (C=O) groups excluding carboxylic acids is 2. The standard InChI is InChI=1S/C21H24N2O3S/c1-2-13-26-16-9-5-3-7-14(16)11-12-18(24)23-21-19(20(22)25)15-8-4-6-10-17(15)27-21/h3,5,7,9,11-12H,2,4,6,8,10,13H2,1H3,(H2,22,25)(H,23,24). The molecule has 0 radical (unpaired) electrons. The number of ether oxygens (including phenoxy) is 1. The van der Waals surface area contributed by atoms with Crippen molar-refractivity contribution in [1.29, 1.82) is 0 Å². The number of amides is 2. The van der Waals surface area contributed by atoms with Gasteiger partial charge in [-0.3, -0.25) is 9.59 Å². The second kappa shape index (κ2) is 8.86. The molecule has 1 heterocycles. The molecule has 2 amide bonds. The van der Waals surface area contributed by atoms with Gasteiger partial charge in [0, 0.05) is 16.5 Å². The number of aryl methyl sites for hydroxylation is 1. The SMILES string of the molecule is CCCOc1ccccc1C=CC(=O)Nc1sc2c(c1C(N)=O)CCCC2. The largest absolute Gasteiger partial charge is 0.493 e. The number of hydrogen-bond acceptors (Lipinski definition) is 4. The van der Waals surface area contributed by atoms with E-state index in [9.17, 15) is 9.59 Å². The molecule has 3 N–H and O–H groups in total. The lowest BCUT2D eigenvalue weighted by Gasteiger charge is -2.11. The smallest absolute Gasteiger partial charge is 0.251 e. The predicted molar refractivity (Wildman–Crippen MR) is 109 cm³/mol. The minimum atomic E-state index is -0.480. The molecule has 0 fully saturated rings. The highest BCUT2D eigenvalue weighted by molar-refractivity contribution is 7.17. The van der Waals surface area contributed by atoms with Crippen molar-refractivity contribution in [3.8, 4) is 5.75 Å². The van der Waals surface area contributed by atoms with Crippen LogP contribution in [0, 0.1) is 0 Å². The molecular weight excluding hydrogens is 360 g/mol. The van der Waals surface area contributed by atoms with E-state index in [1.165, 1.54) is 17.4 Å². The summed E-state index contributed by atoms with van der Waals surface area (Å²) in [5, 5.41) is 3.39. The molecule has 6 heteroatoms. The zero-order chi connectivity index (χ0) is 19.2. The molecule has 142 valence electrons. The Balaban J connectivity index is 1.76. The van der Waals surface area contributed by atoms with Crippen LogP contribution in [-0.4, -0.2) is 18.4 Å². The van der Waals surface area contributed by atoms with E-state index >= 15 is 0 Å². The van der Waals surface area contributed by atoms with Crippen molar-refractivity contribution < 1.29 is 14.3 Å². The summed E-state index contributed by atoms with van der Waals surface area (Å²) in [6.07, 6.45) is 8.03. The summed E-state index contributed by atoms with van der Waals surface area (Å²) in [5.74, 6) is -0.0267. The van der Waals surface area contributed by atoms with Gasteiger partial charge in [0.05, 0.1) is 12.2 Å². The molecule has 0 aliphatic heterocycles. The fourth-order valence-electron chi connectivity index (χ4n) is 3.20. The first-order valence-electron chi connectivity index (χ1n) is 9.25. The van der Waals surface area contributed by atoms with Gasteiger partial charge in [0.2, 0.25) is 5.91 Å². The van der Waals surface area contributed by atoms with Crippen LogP contribution in [0.2, 0.25) is 0 Å². The molecule has 1 aliphatic rings. The first kappa shape index (κ1) is 19.2. The number of para-hydroxylation sites is 1. The average Bonchev–Trinajstić information content (AvgIpc) is 3.03. The summed E-state index contributed by atoms with van der Waals surface area (Å²) in [6.45, 7) is 2.67. The lowest BCUT2D eigenvalue weighted by atomic mass is 9.95. The Labute approximate surface area is 163 Å². The van der Waals surface area contributed by atoms with Crippen molar-refractivity contribution in [2.75, 3.05) is 11.9 Å². The van der Waals surface area contributed by atoms with Crippen LogP contribution < -0.4 is 15.8 Å². The van der Waals surface area contributed by atoms with E-state index in [1.807, 2.05) is 31.2 Å². The number of rotatable bonds is 7. The van der Waals surface area contributed by atoms with Crippen molar-refractivity contribution in [3.05, 3.63) is 51.9 Å². The van der Waals surface area contributed by atoms with E-state index in [0.29, 0.717) is 17.2 Å². The van der Waals surface area contributed by atoms with Crippen molar-refractivity contribution in [1.82, 2.24) is 0 Å². The third kappa shape index (κ3) is 4.57. The molecule has 0 spiro atoms. The van der Waals surface area contributed by atoms with Crippen LogP contribution in [-0.2, 0) is 17.6 Å². The Morgan fingerprint density at radius 3 is 2.81 bits per heavy atom. The summed E-state index contributed by atoms with van der Waals surface area (Å²) < 4.78 is 5.70. The van der Waals surface area contributed by atoms with Gasteiger partial charge in [-0.2, -0.15) is 0 Å². The average molecular weight is 385 g/mol. The van der Waals surface area contributed by atoms with Crippen LogP contribution >= 0.6 is 11.3 Å². The Kier molecular flexibility index (Phi) is 6.29. The minimum absolute atomic E-state index is 0.290. The van der Waals surface area contributed by atoms with Gasteiger partial charge >= 0.3 is 0 Å². The number of anilines is 1. The molecule has 1 aliphatic carbocycles. The maximum absolute atomic E-state index is 12.4. The van der Waals surface area contributed by atoms with Crippen LogP contribution in [0.1, 0.15) is 52.5 Å². The van der Waals surface area contributed by atoms with E-state index in [-0.39, 0.29) is 5.91 Å². The summed E-state index contributed by atoms with van der Waals surface area (Å²) >= 11 is 1.46. The Morgan fingerprint density at radius 1 is 1.26 bits per heavy atom. The molecule has 0 saturated heterocycles. The fourth-order valence-corrected chi connectivity index (χ4v) is 4.49. The number of hydrogen-bond donors (Lipinski definition) is 2. The monoisotopic (exact) mass is 384 g/mol. The normalized spacial score (nSPS) is 13.4. The van der Waals surface area contributed by atoms with Gasteiger partial charge in [-0.1, -0.05) is 25.1 Å². The molecule has 2 aromatic rings. The third-order valence-electron chi connectivity index (χ3n) is 4.45. The van der Waals surface area contributed by atoms with Crippen molar-refractivity contribution in [3.63, 3.8) is 0 Å². The van der Waals surface area contributed by atoms with Crippen molar-refractivity contribution in [2.24, 2.45) is 5.73 Å². The number of carbonyl (C=O) groups is 2. The first-order chi connectivity index (χ1) is 13.1. The highest BCUT2D eigenvalue weighted by Gasteiger charge is 2.24. The van der Waals surface area contributed by atoms with E-state index in [4.69, 9.17) is 10.5 Å². The lowest BCUT2D eigenvalue weighted by Crippen LogP contribution is -2.17. The molecule has 0 atom stereocenters. The zero-order valence-corrected chi connectivity index (χ0v) is 16.2. The third-order valence-corrected chi connectivity index (χ3v) is 5.66. The number of primary amides is 1. The van der Waals surface area contributed by atoms with E-state index in [2.05, 4.69) is 5.32 Å². The van der Waals surface area contributed by atoms with Crippen LogP contribution in [0.15, 0.2) is 30.3 Å². The molecule has 5 nitrogen and oxygen atoms in total. The predicted octanol–water partition coefficient (Wildman–Crippen LogP) is 4.17. The molecule has 3 rings (SSSR count). The second-order valence-electron chi connectivity index (χ2n) is 6.49. The lowest BCUT2D eigenvalue weighted by molar-refractivity contribution is -0.111. The Hall–Kier alpha value is -2.60. The van der Waals surface area contributed by atoms with Gasteiger partial charge in [0.25, 0.3) is 5.91 Å². The van der Waals surface area contributed by atoms with Gasteiger partial charge in [-0.15, -0.1) is 11.3 Å². The first-order valence-corrected chi connectivity index (χ1v) is 10.1. The number of benzene rings is 1. The quantitative estimate of drug-likeness (QED) is 0.703.